The molecule has 2 amide bonds. The number of nitrogens with two attached hydrogens (primary N) is 1. The van der Waals surface area contributed by atoms with Gasteiger partial charge in [0.25, 0.3) is 11.8 Å². The minimum atomic E-state index is -0.560. The quantitative estimate of drug-likeness (QED) is 0.673. The molecule has 2 rings (SSSR count). The number of nitrogens with zero attached hydrogens (tertiary/aromatic N) is 1. The molecule has 2 aromatic carbocycles. The summed E-state index contributed by atoms with van der Waals surface area (Å²) in [5.41, 5.74) is 7.85. The molecule has 2 aromatic rings. The number of ether oxygens (including phenoxy) is 1. The van der Waals surface area contributed by atoms with E-state index in [-0.39, 0.29) is 12.5 Å². The first-order valence-electron chi connectivity index (χ1n) is 9.12. The standard InChI is InChI=1S/C21H27N3O3/c1-3-24(4-2)14-18-9-6-5-8-17(18)13-23-21(26)16-10-7-11-19(12-16)27-15-20(22)25/h5-12H,3-4,13-15H2,1-2H3,(H2,22,25)(H,23,26). The fraction of sp³-hybridized carbons (Fsp3) is 0.333. The Hall–Kier alpha value is -2.86. The van der Waals surface area contributed by atoms with E-state index in [2.05, 4.69) is 30.1 Å². The summed E-state index contributed by atoms with van der Waals surface area (Å²) in [4.78, 5) is 25.6. The van der Waals surface area contributed by atoms with Gasteiger partial charge in [0.15, 0.2) is 6.61 Å². The first-order chi connectivity index (χ1) is 13.0. The van der Waals surface area contributed by atoms with Crippen molar-refractivity contribution in [1.29, 1.82) is 0 Å². The van der Waals surface area contributed by atoms with E-state index in [1.807, 2.05) is 18.2 Å². The van der Waals surface area contributed by atoms with Crippen LogP contribution in [0.5, 0.6) is 5.75 Å². The average Bonchev–Trinajstić information content (AvgIpc) is 2.69. The molecular formula is C21H27N3O3. The van der Waals surface area contributed by atoms with Crippen molar-refractivity contribution in [2.24, 2.45) is 5.73 Å². The van der Waals surface area contributed by atoms with Crippen molar-refractivity contribution < 1.29 is 14.3 Å². The van der Waals surface area contributed by atoms with E-state index in [1.165, 1.54) is 5.56 Å². The highest BCUT2D eigenvalue weighted by Crippen LogP contribution is 2.15. The Bertz CT molecular complexity index is 773. The normalized spacial score (nSPS) is 10.6. The van der Waals surface area contributed by atoms with Gasteiger partial charge < -0.3 is 15.8 Å². The van der Waals surface area contributed by atoms with Crippen molar-refractivity contribution in [3.63, 3.8) is 0 Å². The summed E-state index contributed by atoms with van der Waals surface area (Å²) in [5, 5.41) is 2.95. The average molecular weight is 369 g/mol. The van der Waals surface area contributed by atoms with Gasteiger partial charge >= 0.3 is 0 Å². The van der Waals surface area contributed by atoms with Gasteiger partial charge in [-0.2, -0.15) is 0 Å². The molecule has 0 radical (unpaired) electrons. The smallest absolute Gasteiger partial charge is 0.255 e. The van der Waals surface area contributed by atoms with Crippen LogP contribution in [0.4, 0.5) is 0 Å². The maximum absolute atomic E-state index is 12.5. The lowest BCUT2D eigenvalue weighted by atomic mass is 10.1. The lowest BCUT2D eigenvalue weighted by Gasteiger charge is -2.20. The Kier molecular flexibility index (Phi) is 7.82. The highest BCUT2D eigenvalue weighted by molar-refractivity contribution is 5.94. The van der Waals surface area contributed by atoms with Crippen LogP contribution in [0.2, 0.25) is 0 Å². The predicted octanol–water partition coefficient (Wildman–Crippen LogP) is 2.32. The monoisotopic (exact) mass is 369 g/mol. The molecule has 0 aliphatic heterocycles. The van der Waals surface area contributed by atoms with Crippen LogP contribution in [0.15, 0.2) is 48.5 Å². The van der Waals surface area contributed by atoms with E-state index >= 15 is 0 Å². The van der Waals surface area contributed by atoms with Gasteiger partial charge in [0, 0.05) is 18.7 Å². The largest absolute Gasteiger partial charge is 0.484 e. The number of nitrogens with one attached hydrogen (secondary N) is 1. The number of benzene rings is 2. The fourth-order valence-corrected chi connectivity index (χ4v) is 2.73. The third-order valence-corrected chi connectivity index (χ3v) is 4.32. The van der Waals surface area contributed by atoms with Crippen LogP contribution in [-0.2, 0) is 17.9 Å². The molecule has 0 aliphatic rings. The maximum atomic E-state index is 12.5. The minimum Gasteiger partial charge on any atom is -0.484 e. The van der Waals surface area contributed by atoms with E-state index in [4.69, 9.17) is 10.5 Å². The van der Waals surface area contributed by atoms with Crippen molar-refractivity contribution >= 4 is 11.8 Å². The molecule has 0 aromatic heterocycles. The van der Waals surface area contributed by atoms with Gasteiger partial charge in [0.1, 0.15) is 5.75 Å². The van der Waals surface area contributed by atoms with Crippen LogP contribution in [0.3, 0.4) is 0 Å². The molecule has 0 spiro atoms. The van der Waals surface area contributed by atoms with Crippen molar-refractivity contribution in [2.45, 2.75) is 26.9 Å². The first kappa shape index (κ1) is 20.5. The van der Waals surface area contributed by atoms with E-state index < -0.39 is 5.91 Å². The molecule has 0 saturated carbocycles. The molecule has 27 heavy (non-hydrogen) atoms. The Labute approximate surface area is 160 Å². The number of amides is 2. The molecule has 144 valence electrons. The highest BCUT2D eigenvalue weighted by atomic mass is 16.5. The number of hydrogen-bond acceptors (Lipinski definition) is 4. The van der Waals surface area contributed by atoms with Crippen LogP contribution in [0.1, 0.15) is 35.3 Å². The summed E-state index contributed by atoms with van der Waals surface area (Å²) < 4.78 is 5.25. The van der Waals surface area contributed by atoms with Gasteiger partial charge in [-0.3, -0.25) is 14.5 Å². The van der Waals surface area contributed by atoms with Gasteiger partial charge in [0.2, 0.25) is 0 Å². The molecule has 3 N–H and O–H groups in total. The molecule has 0 fully saturated rings. The second-order valence-electron chi connectivity index (χ2n) is 6.20. The zero-order valence-corrected chi connectivity index (χ0v) is 15.9. The molecule has 0 bridgehead atoms. The van der Waals surface area contributed by atoms with Crippen molar-refractivity contribution in [3.8, 4) is 5.75 Å². The number of hydrogen-bond donors (Lipinski definition) is 2. The van der Waals surface area contributed by atoms with Crippen molar-refractivity contribution in [1.82, 2.24) is 10.2 Å². The zero-order chi connectivity index (χ0) is 19.6. The molecule has 0 heterocycles. The van der Waals surface area contributed by atoms with Gasteiger partial charge in [-0.25, -0.2) is 0 Å². The number of rotatable bonds is 10. The number of primary amides is 1. The fourth-order valence-electron chi connectivity index (χ4n) is 2.73. The Balaban J connectivity index is 2.01. The van der Waals surface area contributed by atoms with Crippen LogP contribution in [0.25, 0.3) is 0 Å². The molecule has 0 saturated heterocycles. The second kappa shape index (κ2) is 10.3. The lowest BCUT2D eigenvalue weighted by molar-refractivity contribution is -0.119. The summed E-state index contributed by atoms with van der Waals surface area (Å²) in [6.07, 6.45) is 0. The zero-order valence-electron chi connectivity index (χ0n) is 15.9. The van der Waals surface area contributed by atoms with Crippen LogP contribution >= 0.6 is 0 Å². The summed E-state index contributed by atoms with van der Waals surface area (Å²) in [6, 6.07) is 14.8. The van der Waals surface area contributed by atoms with Crippen LogP contribution in [0, 0.1) is 0 Å². The molecule has 6 nitrogen and oxygen atoms in total. The predicted molar refractivity (Wildman–Crippen MR) is 105 cm³/mol. The maximum Gasteiger partial charge on any atom is 0.255 e. The van der Waals surface area contributed by atoms with Gasteiger partial charge in [-0.1, -0.05) is 44.2 Å². The highest BCUT2D eigenvalue weighted by Gasteiger charge is 2.10. The molecule has 6 heteroatoms. The summed E-state index contributed by atoms with van der Waals surface area (Å²) in [5.74, 6) is -0.324. The Morgan fingerprint density at radius 1 is 1.04 bits per heavy atom. The Morgan fingerprint density at radius 3 is 2.41 bits per heavy atom. The number of carbonyl (C=O) groups excluding carboxylic acids is 2. The lowest BCUT2D eigenvalue weighted by Crippen LogP contribution is -2.26. The summed E-state index contributed by atoms with van der Waals surface area (Å²) in [6.45, 7) is 7.33. The molecular weight excluding hydrogens is 342 g/mol. The molecule has 0 aliphatic carbocycles. The minimum absolute atomic E-state index is 0.197. The van der Waals surface area contributed by atoms with Gasteiger partial charge in [-0.15, -0.1) is 0 Å². The van der Waals surface area contributed by atoms with Crippen LogP contribution < -0.4 is 15.8 Å². The van der Waals surface area contributed by atoms with E-state index in [0.29, 0.717) is 17.9 Å². The summed E-state index contributed by atoms with van der Waals surface area (Å²) in [7, 11) is 0. The topological polar surface area (TPSA) is 84.7 Å². The third-order valence-electron chi connectivity index (χ3n) is 4.32. The second-order valence-corrected chi connectivity index (χ2v) is 6.20. The first-order valence-corrected chi connectivity index (χ1v) is 9.12. The van der Waals surface area contributed by atoms with Crippen LogP contribution in [-0.4, -0.2) is 36.4 Å². The van der Waals surface area contributed by atoms with E-state index in [0.717, 1.165) is 25.2 Å². The number of carbonyl (C=O) groups is 2. The third kappa shape index (κ3) is 6.42. The summed E-state index contributed by atoms with van der Waals surface area (Å²) >= 11 is 0. The van der Waals surface area contributed by atoms with Gasteiger partial charge in [0.05, 0.1) is 0 Å². The Morgan fingerprint density at radius 2 is 1.74 bits per heavy atom. The van der Waals surface area contributed by atoms with Crippen molar-refractivity contribution in [2.75, 3.05) is 19.7 Å². The molecule has 0 atom stereocenters. The van der Waals surface area contributed by atoms with Gasteiger partial charge in [-0.05, 0) is 42.4 Å². The van der Waals surface area contributed by atoms with Crippen molar-refractivity contribution in [3.05, 3.63) is 65.2 Å². The van der Waals surface area contributed by atoms with E-state index in [1.54, 1.807) is 24.3 Å². The molecule has 0 unspecified atom stereocenters. The SMILES string of the molecule is CCN(CC)Cc1ccccc1CNC(=O)c1cccc(OCC(N)=O)c1. The van der Waals surface area contributed by atoms with E-state index in [9.17, 15) is 9.59 Å².